The van der Waals surface area contributed by atoms with Crippen LogP contribution in [0, 0.1) is 5.92 Å². The van der Waals surface area contributed by atoms with E-state index in [9.17, 15) is 23.1 Å². The fraction of sp³-hybridized carbons (Fsp3) is 0.933. The molecule has 0 spiro atoms. The second kappa shape index (κ2) is 8.19. The summed E-state index contributed by atoms with van der Waals surface area (Å²) in [5.74, 6) is -0.675. The van der Waals surface area contributed by atoms with Crippen molar-refractivity contribution in [3.8, 4) is 0 Å². The number of aliphatic hydroxyl groups is 1. The smallest absolute Gasteiger partial charge is 0.392 e. The lowest BCUT2D eigenvalue weighted by Gasteiger charge is -2.41. The Kier molecular flexibility index (Phi) is 7.13. The van der Waals surface area contributed by atoms with Crippen LogP contribution in [0.5, 0.6) is 0 Å². The first-order valence-electron chi connectivity index (χ1n) is 8.10. The van der Waals surface area contributed by atoms with Gasteiger partial charge in [0.1, 0.15) is 6.04 Å². The van der Waals surface area contributed by atoms with Crippen LogP contribution in [0.4, 0.5) is 18.0 Å². The molecule has 1 aliphatic rings. The largest absolute Gasteiger partial charge is 0.408 e. The van der Waals surface area contributed by atoms with Crippen LogP contribution in [0.2, 0.25) is 0 Å². The zero-order valence-corrected chi connectivity index (χ0v) is 14.2. The first kappa shape index (κ1) is 20.0. The molecule has 1 heterocycles. The number of carbonyl (C=O) groups excluding carboxylic acids is 1. The molecule has 1 saturated heterocycles. The molecule has 0 aromatic heterocycles. The molecule has 136 valence electrons. The van der Waals surface area contributed by atoms with Gasteiger partial charge in [-0.05, 0) is 19.8 Å². The minimum atomic E-state index is -4.46. The maximum atomic E-state index is 13.1. The number of carbonyl (C=O) groups is 1. The zero-order valence-electron chi connectivity index (χ0n) is 14.2. The molecule has 1 rings (SSSR count). The molecule has 2 N–H and O–H groups in total. The second-order valence-corrected chi connectivity index (χ2v) is 6.51. The van der Waals surface area contributed by atoms with Gasteiger partial charge in [0, 0.05) is 32.2 Å². The van der Waals surface area contributed by atoms with Crippen molar-refractivity contribution in [3.05, 3.63) is 0 Å². The summed E-state index contributed by atoms with van der Waals surface area (Å²) < 4.78 is 39.4. The second-order valence-electron chi connectivity index (χ2n) is 6.51. The van der Waals surface area contributed by atoms with E-state index < -0.39 is 30.3 Å². The average molecular weight is 339 g/mol. The van der Waals surface area contributed by atoms with Crippen molar-refractivity contribution in [1.29, 1.82) is 0 Å². The molecule has 2 amide bonds. The number of alkyl halides is 3. The molecule has 23 heavy (non-hydrogen) atoms. The van der Waals surface area contributed by atoms with Crippen molar-refractivity contribution in [1.82, 2.24) is 15.1 Å². The lowest BCUT2D eigenvalue weighted by atomic mass is 9.99. The highest BCUT2D eigenvalue weighted by atomic mass is 19.4. The number of rotatable bonds is 5. The minimum Gasteiger partial charge on any atom is -0.392 e. The fourth-order valence-corrected chi connectivity index (χ4v) is 2.87. The molecule has 1 aliphatic heterocycles. The number of urea groups is 1. The summed E-state index contributed by atoms with van der Waals surface area (Å²) in [6.45, 7) is 8.59. The van der Waals surface area contributed by atoms with Gasteiger partial charge >= 0.3 is 12.2 Å². The highest BCUT2D eigenvalue weighted by Gasteiger charge is 2.44. The summed E-state index contributed by atoms with van der Waals surface area (Å²) in [6.07, 6.45) is -4.59. The number of aliphatic hydroxyl groups excluding tert-OH is 1. The molecular formula is C15H28F3N3O2. The van der Waals surface area contributed by atoms with Gasteiger partial charge in [-0.25, -0.2) is 4.79 Å². The van der Waals surface area contributed by atoms with Gasteiger partial charge in [0.25, 0.3) is 0 Å². The Morgan fingerprint density at radius 1 is 1.35 bits per heavy atom. The van der Waals surface area contributed by atoms with Crippen LogP contribution >= 0.6 is 0 Å². The summed E-state index contributed by atoms with van der Waals surface area (Å²) in [7, 11) is 0. The number of hydrogen-bond donors (Lipinski definition) is 2. The normalized spacial score (nSPS) is 24.2. The van der Waals surface area contributed by atoms with Crippen molar-refractivity contribution in [2.75, 3.05) is 26.2 Å². The van der Waals surface area contributed by atoms with Gasteiger partial charge < -0.3 is 15.3 Å². The van der Waals surface area contributed by atoms with E-state index in [4.69, 9.17) is 0 Å². The molecule has 0 radical (unpaired) electrons. The zero-order chi connectivity index (χ0) is 17.8. The van der Waals surface area contributed by atoms with Crippen LogP contribution in [-0.2, 0) is 0 Å². The maximum absolute atomic E-state index is 13.1. The predicted octanol–water partition coefficient (Wildman–Crippen LogP) is 2.06. The van der Waals surface area contributed by atoms with Gasteiger partial charge in [0.2, 0.25) is 0 Å². The van der Waals surface area contributed by atoms with Crippen LogP contribution in [0.15, 0.2) is 0 Å². The van der Waals surface area contributed by atoms with E-state index in [0.29, 0.717) is 32.6 Å². The summed E-state index contributed by atoms with van der Waals surface area (Å²) in [6, 6.07) is -2.70. The molecule has 0 aliphatic carbocycles. The molecule has 1 fully saturated rings. The lowest BCUT2D eigenvalue weighted by Crippen LogP contribution is -2.60. The van der Waals surface area contributed by atoms with Crippen LogP contribution < -0.4 is 5.32 Å². The summed E-state index contributed by atoms with van der Waals surface area (Å²) >= 11 is 0. The Labute approximate surface area is 135 Å². The average Bonchev–Trinajstić information content (AvgIpc) is 2.41. The third kappa shape index (κ3) is 5.84. The van der Waals surface area contributed by atoms with Crippen molar-refractivity contribution in [2.24, 2.45) is 5.92 Å². The molecule has 0 aromatic carbocycles. The quantitative estimate of drug-likeness (QED) is 0.806. The molecule has 8 heteroatoms. The van der Waals surface area contributed by atoms with Crippen molar-refractivity contribution in [3.63, 3.8) is 0 Å². The number of piperazine rings is 1. The Morgan fingerprint density at radius 2 is 1.96 bits per heavy atom. The number of hydrogen-bond acceptors (Lipinski definition) is 3. The SMILES string of the molecule is CCC(C)C(NC(=O)N1CCN(CC(C)O)CC1C)C(F)(F)F. The lowest BCUT2D eigenvalue weighted by molar-refractivity contribution is -0.164. The molecule has 4 atom stereocenters. The topological polar surface area (TPSA) is 55.8 Å². The highest BCUT2D eigenvalue weighted by molar-refractivity contribution is 5.75. The summed E-state index contributed by atoms with van der Waals surface area (Å²) in [4.78, 5) is 15.7. The van der Waals surface area contributed by atoms with Crippen LogP contribution in [-0.4, -0.2) is 71.5 Å². The first-order chi connectivity index (χ1) is 10.6. The Bertz CT molecular complexity index is 391. The summed E-state index contributed by atoms with van der Waals surface area (Å²) in [5.41, 5.74) is 0. The third-order valence-electron chi connectivity index (χ3n) is 4.34. The van der Waals surface area contributed by atoms with Gasteiger partial charge in [-0.1, -0.05) is 20.3 Å². The number of nitrogens with zero attached hydrogens (tertiary/aromatic N) is 2. The van der Waals surface area contributed by atoms with Gasteiger partial charge in [-0.3, -0.25) is 4.90 Å². The first-order valence-corrected chi connectivity index (χ1v) is 8.10. The van der Waals surface area contributed by atoms with E-state index in [-0.39, 0.29) is 6.04 Å². The van der Waals surface area contributed by atoms with E-state index >= 15 is 0 Å². The van der Waals surface area contributed by atoms with Gasteiger partial charge in [-0.2, -0.15) is 13.2 Å². The van der Waals surface area contributed by atoms with E-state index in [1.807, 2.05) is 4.90 Å². The van der Waals surface area contributed by atoms with E-state index in [1.165, 1.54) is 11.8 Å². The monoisotopic (exact) mass is 339 g/mol. The van der Waals surface area contributed by atoms with Crippen LogP contribution in [0.1, 0.15) is 34.1 Å². The van der Waals surface area contributed by atoms with E-state index in [0.717, 1.165) is 0 Å². The van der Waals surface area contributed by atoms with Crippen LogP contribution in [0.25, 0.3) is 0 Å². The van der Waals surface area contributed by atoms with Crippen molar-refractivity contribution >= 4 is 6.03 Å². The standard InChI is InChI=1S/C15H28F3N3O2/c1-5-10(2)13(15(16,17)18)19-14(23)21-7-6-20(8-11(21)3)9-12(4)22/h10-13,22H,5-9H2,1-4H3,(H,19,23). The van der Waals surface area contributed by atoms with Gasteiger partial charge in [0.15, 0.2) is 0 Å². The molecule has 5 nitrogen and oxygen atoms in total. The molecule has 4 unspecified atom stereocenters. The van der Waals surface area contributed by atoms with Crippen LogP contribution in [0.3, 0.4) is 0 Å². The van der Waals surface area contributed by atoms with E-state index in [1.54, 1.807) is 20.8 Å². The Hall–Kier alpha value is -1.02. The Balaban J connectivity index is 2.67. The number of amides is 2. The van der Waals surface area contributed by atoms with Gasteiger partial charge in [-0.15, -0.1) is 0 Å². The third-order valence-corrected chi connectivity index (χ3v) is 4.34. The molecular weight excluding hydrogens is 311 g/mol. The minimum absolute atomic E-state index is 0.201. The van der Waals surface area contributed by atoms with E-state index in [2.05, 4.69) is 5.32 Å². The Morgan fingerprint density at radius 3 is 2.39 bits per heavy atom. The number of β-amino-alcohol motifs (C(OH)–C–C–N with tert-alkyl or cyclic N) is 1. The summed E-state index contributed by atoms with van der Waals surface area (Å²) in [5, 5.41) is 11.6. The number of nitrogens with one attached hydrogen (secondary N) is 1. The predicted molar refractivity (Wildman–Crippen MR) is 82.1 cm³/mol. The molecule has 0 saturated carbocycles. The molecule has 0 bridgehead atoms. The van der Waals surface area contributed by atoms with Crippen molar-refractivity contribution in [2.45, 2.75) is 58.5 Å². The van der Waals surface area contributed by atoms with Crippen molar-refractivity contribution < 1.29 is 23.1 Å². The maximum Gasteiger partial charge on any atom is 0.408 e. The highest BCUT2D eigenvalue weighted by Crippen LogP contribution is 2.27. The van der Waals surface area contributed by atoms with Gasteiger partial charge in [0.05, 0.1) is 6.10 Å². The fourth-order valence-electron chi connectivity index (χ4n) is 2.87. The number of halogens is 3. The molecule has 0 aromatic rings.